The molecule has 0 aliphatic carbocycles. The molecule has 2 rings (SSSR count). The Morgan fingerprint density at radius 3 is 2.46 bits per heavy atom. The molecule has 0 radical (unpaired) electrons. The minimum absolute atomic E-state index is 0.0572. The van der Waals surface area contributed by atoms with Crippen molar-refractivity contribution in [3.63, 3.8) is 0 Å². The minimum atomic E-state index is -0.0873. The fourth-order valence-corrected chi connectivity index (χ4v) is 4.03. The first-order valence-corrected chi connectivity index (χ1v) is 9.70. The summed E-state index contributed by atoms with van der Waals surface area (Å²) in [6, 6.07) is 4.17. The Labute approximate surface area is 150 Å². The highest BCUT2D eigenvalue weighted by Crippen LogP contribution is 2.18. The van der Waals surface area contributed by atoms with E-state index in [1.807, 2.05) is 55.5 Å². The van der Waals surface area contributed by atoms with Gasteiger partial charge in [-0.3, -0.25) is 9.59 Å². The predicted molar refractivity (Wildman–Crippen MR) is 99.6 cm³/mol. The van der Waals surface area contributed by atoms with Gasteiger partial charge in [0.05, 0.1) is 18.5 Å². The average molecular weight is 366 g/mol. The zero-order valence-corrected chi connectivity index (χ0v) is 16.0. The number of carbonyl (C=O) groups excluding carboxylic acids is 2. The van der Waals surface area contributed by atoms with Crippen LogP contribution in [0.1, 0.15) is 38.3 Å². The van der Waals surface area contributed by atoms with E-state index in [1.54, 1.807) is 11.3 Å². The standard InChI is InChI=1S/C17H23N3O2S2/c1-11(2)20(12(3)4)16(22)8-13-10-24-17(18-13)19-15(21)9-14-6-5-7-23-14/h5-7,10-12H,8-9H2,1-4H3,(H,18,19,21). The van der Waals surface area contributed by atoms with Gasteiger partial charge < -0.3 is 10.2 Å². The highest BCUT2D eigenvalue weighted by Gasteiger charge is 2.21. The van der Waals surface area contributed by atoms with Crippen molar-refractivity contribution >= 4 is 39.6 Å². The van der Waals surface area contributed by atoms with Crippen LogP contribution in [-0.2, 0) is 22.4 Å². The molecular formula is C17H23N3O2S2. The second-order valence-corrected chi connectivity index (χ2v) is 8.00. The van der Waals surface area contributed by atoms with Gasteiger partial charge >= 0.3 is 0 Å². The van der Waals surface area contributed by atoms with Crippen molar-refractivity contribution in [3.8, 4) is 0 Å². The van der Waals surface area contributed by atoms with Crippen molar-refractivity contribution in [2.24, 2.45) is 0 Å². The fourth-order valence-electron chi connectivity index (χ4n) is 2.60. The topological polar surface area (TPSA) is 62.3 Å². The zero-order chi connectivity index (χ0) is 17.7. The lowest BCUT2D eigenvalue weighted by Crippen LogP contribution is -2.42. The summed E-state index contributed by atoms with van der Waals surface area (Å²) >= 11 is 2.91. The van der Waals surface area contributed by atoms with Crippen LogP contribution < -0.4 is 5.32 Å². The van der Waals surface area contributed by atoms with Gasteiger partial charge in [-0.15, -0.1) is 22.7 Å². The van der Waals surface area contributed by atoms with Gasteiger partial charge in [-0.05, 0) is 39.1 Å². The van der Waals surface area contributed by atoms with Crippen LogP contribution in [0.2, 0.25) is 0 Å². The number of amides is 2. The van der Waals surface area contributed by atoms with Crippen LogP contribution in [0.5, 0.6) is 0 Å². The van der Waals surface area contributed by atoms with Crippen LogP contribution in [0.3, 0.4) is 0 Å². The summed E-state index contributed by atoms with van der Waals surface area (Å²) in [7, 11) is 0. The minimum Gasteiger partial charge on any atom is -0.338 e. The summed E-state index contributed by atoms with van der Waals surface area (Å²) in [6.45, 7) is 8.04. The third kappa shape index (κ3) is 5.14. The van der Waals surface area contributed by atoms with Crippen molar-refractivity contribution in [1.29, 1.82) is 0 Å². The molecule has 7 heteroatoms. The van der Waals surface area contributed by atoms with Gasteiger partial charge in [-0.1, -0.05) is 6.07 Å². The molecule has 5 nitrogen and oxygen atoms in total. The molecule has 0 unspecified atom stereocenters. The van der Waals surface area contributed by atoms with Crippen molar-refractivity contribution in [2.75, 3.05) is 5.32 Å². The number of anilines is 1. The summed E-state index contributed by atoms with van der Waals surface area (Å²) in [5, 5.41) is 7.12. The number of nitrogens with one attached hydrogen (secondary N) is 1. The molecule has 130 valence electrons. The molecule has 24 heavy (non-hydrogen) atoms. The number of thiazole rings is 1. The maximum absolute atomic E-state index is 12.4. The number of hydrogen-bond acceptors (Lipinski definition) is 5. The molecule has 2 aromatic rings. The second-order valence-electron chi connectivity index (χ2n) is 6.11. The molecule has 0 aliphatic heterocycles. The smallest absolute Gasteiger partial charge is 0.231 e. The normalized spacial score (nSPS) is 11.1. The summed E-state index contributed by atoms with van der Waals surface area (Å²) in [4.78, 5) is 31.7. The van der Waals surface area contributed by atoms with E-state index in [2.05, 4.69) is 10.3 Å². The largest absolute Gasteiger partial charge is 0.338 e. The van der Waals surface area contributed by atoms with E-state index < -0.39 is 0 Å². The molecule has 0 aromatic carbocycles. The van der Waals surface area contributed by atoms with E-state index >= 15 is 0 Å². The van der Waals surface area contributed by atoms with Crippen LogP contribution in [-0.4, -0.2) is 33.8 Å². The summed E-state index contributed by atoms with van der Waals surface area (Å²) in [5.41, 5.74) is 0.697. The van der Waals surface area contributed by atoms with Crippen LogP contribution in [0.4, 0.5) is 5.13 Å². The van der Waals surface area contributed by atoms with Gasteiger partial charge in [0.1, 0.15) is 0 Å². The van der Waals surface area contributed by atoms with Crippen LogP contribution >= 0.6 is 22.7 Å². The number of nitrogens with zero attached hydrogens (tertiary/aromatic N) is 2. The molecule has 2 aromatic heterocycles. The number of hydrogen-bond donors (Lipinski definition) is 1. The van der Waals surface area contributed by atoms with Crippen LogP contribution in [0.15, 0.2) is 22.9 Å². The maximum Gasteiger partial charge on any atom is 0.231 e. The average Bonchev–Trinajstić information content (AvgIpc) is 3.10. The molecule has 2 amide bonds. The summed E-state index contributed by atoms with van der Waals surface area (Å²) in [5.74, 6) is -0.0302. The lowest BCUT2D eigenvalue weighted by molar-refractivity contribution is -0.134. The number of rotatable bonds is 7. The molecule has 0 saturated carbocycles. The van der Waals surface area contributed by atoms with Crippen LogP contribution in [0, 0.1) is 0 Å². The molecule has 1 N–H and O–H groups in total. The predicted octanol–water partition coefficient (Wildman–Crippen LogP) is 3.57. The zero-order valence-electron chi connectivity index (χ0n) is 14.4. The number of carbonyl (C=O) groups is 2. The van der Waals surface area contributed by atoms with Crippen LogP contribution in [0.25, 0.3) is 0 Å². The molecule has 0 atom stereocenters. The van der Waals surface area contributed by atoms with E-state index in [9.17, 15) is 9.59 Å². The highest BCUT2D eigenvalue weighted by molar-refractivity contribution is 7.14. The van der Waals surface area contributed by atoms with Crippen molar-refractivity contribution in [1.82, 2.24) is 9.88 Å². The molecule has 0 saturated heterocycles. The second kappa shape index (κ2) is 8.39. The summed E-state index contributed by atoms with van der Waals surface area (Å²) < 4.78 is 0. The van der Waals surface area contributed by atoms with E-state index in [4.69, 9.17) is 0 Å². The quantitative estimate of drug-likeness (QED) is 0.816. The SMILES string of the molecule is CC(C)N(C(=O)Cc1csc(NC(=O)Cc2cccs2)n1)C(C)C. The molecule has 2 heterocycles. The molecule has 0 fully saturated rings. The molecular weight excluding hydrogens is 342 g/mol. The van der Waals surface area contributed by atoms with Gasteiger partial charge in [0.25, 0.3) is 0 Å². The number of thiophene rings is 1. The van der Waals surface area contributed by atoms with E-state index in [-0.39, 0.29) is 30.3 Å². The Morgan fingerprint density at radius 1 is 1.17 bits per heavy atom. The van der Waals surface area contributed by atoms with Gasteiger partial charge in [-0.25, -0.2) is 4.98 Å². The van der Waals surface area contributed by atoms with Gasteiger partial charge in [0.2, 0.25) is 11.8 Å². The lowest BCUT2D eigenvalue weighted by Gasteiger charge is -2.30. The fraction of sp³-hybridized carbons (Fsp3) is 0.471. The first-order chi connectivity index (χ1) is 11.4. The Morgan fingerprint density at radius 2 is 1.88 bits per heavy atom. The monoisotopic (exact) mass is 365 g/mol. The van der Waals surface area contributed by atoms with Crippen molar-refractivity contribution in [3.05, 3.63) is 33.5 Å². The first kappa shape index (κ1) is 18.6. The Bertz CT molecular complexity index is 670. The Hall–Kier alpha value is -1.73. The van der Waals surface area contributed by atoms with E-state index in [0.29, 0.717) is 17.2 Å². The lowest BCUT2D eigenvalue weighted by atomic mass is 10.2. The van der Waals surface area contributed by atoms with E-state index in [0.717, 1.165) is 4.88 Å². The molecule has 0 bridgehead atoms. The Kier molecular flexibility index (Phi) is 6.51. The van der Waals surface area contributed by atoms with Crippen molar-refractivity contribution in [2.45, 2.75) is 52.6 Å². The van der Waals surface area contributed by atoms with Gasteiger partial charge in [0.15, 0.2) is 5.13 Å². The maximum atomic E-state index is 12.4. The Balaban J connectivity index is 1.92. The third-order valence-corrected chi connectivity index (χ3v) is 5.13. The third-order valence-electron chi connectivity index (χ3n) is 3.45. The van der Waals surface area contributed by atoms with E-state index in [1.165, 1.54) is 11.3 Å². The molecule has 0 aliphatic rings. The van der Waals surface area contributed by atoms with Gasteiger partial charge in [-0.2, -0.15) is 0 Å². The highest BCUT2D eigenvalue weighted by atomic mass is 32.1. The summed E-state index contributed by atoms with van der Waals surface area (Å²) in [6.07, 6.45) is 0.605. The van der Waals surface area contributed by atoms with Gasteiger partial charge in [0, 0.05) is 22.3 Å². The van der Waals surface area contributed by atoms with Crippen molar-refractivity contribution < 1.29 is 9.59 Å². The number of aromatic nitrogens is 1. The first-order valence-electron chi connectivity index (χ1n) is 7.94. The molecule has 0 spiro atoms.